The molecule has 6 nitrogen and oxygen atoms in total. The van der Waals surface area contributed by atoms with Gasteiger partial charge in [-0.1, -0.05) is 48.0 Å². The van der Waals surface area contributed by atoms with Gasteiger partial charge in [0.25, 0.3) is 5.91 Å². The van der Waals surface area contributed by atoms with Gasteiger partial charge in [0.05, 0.1) is 11.7 Å². The van der Waals surface area contributed by atoms with Crippen LogP contribution in [-0.2, 0) is 12.8 Å². The van der Waals surface area contributed by atoms with Crippen LogP contribution in [0.4, 0.5) is 0 Å². The highest BCUT2D eigenvalue weighted by Gasteiger charge is 2.29. The molecule has 1 saturated heterocycles. The molecule has 1 aliphatic heterocycles. The predicted octanol–water partition coefficient (Wildman–Crippen LogP) is 3.39. The number of amides is 1. The van der Waals surface area contributed by atoms with Crippen LogP contribution in [0.25, 0.3) is 5.69 Å². The predicted molar refractivity (Wildman–Crippen MR) is 131 cm³/mol. The van der Waals surface area contributed by atoms with E-state index in [1.807, 2.05) is 22.9 Å². The Balaban J connectivity index is 1.40. The molecule has 3 aromatic rings. The third kappa shape index (κ3) is 4.72. The van der Waals surface area contributed by atoms with Crippen molar-refractivity contribution in [2.45, 2.75) is 32.2 Å². The number of nitrogens with zero attached hydrogens (tertiary/aromatic N) is 4. The first-order valence-electron chi connectivity index (χ1n) is 12.0. The first-order valence-corrected chi connectivity index (χ1v) is 12.0. The van der Waals surface area contributed by atoms with Crippen molar-refractivity contribution in [2.75, 3.05) is 39.8 Å². The Labute approximate surface area is 196 Å². The van der Waals surface area contributed by atoms with E-state index in [1.165, 1.54) is 11.3 Å². The fourth-order valence-electron chi connectivity index (χ4n) is 4.95. The van der Waals surface area contributed by atoms with Crippen LogP contribution in [0.15, 0.2) is 54.6 Å². The molecule has 0 spiro atoms. The van der Waals surface area contributed by atoms with E-state index < -0.39 is 0 Å². The second kappa shape index (κ2) is 9.49. The van der Waals surface area contributed by atoms with Crippen LogP contribution < -0.4 is 5.32 Å². The molecule has 33 heavy (non-hydrogen) atoms. The fraction of sp³-hybridized carbons (Fsp3) is 0.407. The van der Waals surface area contributed by atoms with Crippen molar-refractivity contribution >= 4 is 5.91 Å². The number of hydrogen-bond donors (Lipinski definition) is 1. The molecule has 2 heterocycles. The van der Waals surface area contributed by atoms with E-state index in [9.17, 15) is 4.79 Å². The van der Waals surface area contributed by atoms with Gasteiger partial charge < -0.3 is 10.2 Å². The number of carbonyl (C=O) groups excluding carboxylic acids is 1. The number of fused-ring (bicyclic) bond motifs is 1. The number of aromatic nitrogens is 2. The number of rotatable bonds is 6. The lowest BCUT2D eigenvalue weighted by Gasteiger charge is -2.35. The average molecular weight is 444 g/mol. The third-order valence-electron chi connectivity index (χ3n) is 6.97. The summed E-state index contributed by atoms with van der Waals surface area (Å²) in [6, 6.07) is 18.6. The van der Waals surface area contributed by atoms with Gasteiger partial charge in [-0.2, -0.15) is 5.10 Å². The zero-order valence-corrected chi connectivity index (χ0v) is 19.6. The standard InChI is InChI=1S/C27H33N5O/c1-20-11-13-22(14-12-20)32-25-10-6-9-23(25)26(29-32)27(33)28-24(21-7-4-3-5-8-21)19-31-17-15-30(2)16-18-31/h3-5,7-8,11-14,24H,6,9-10,15-19H2,1-2H3,(H,28,33). The van der Waals surface area contributed by atoms with Crippen molar-refractivity contribution in [3.05, 3.63) is 82.7 Å². The minimum atomic E-state index is -0.0676. The van der Waals surface area contributed by atoms with Crippen molar-refractivity contribution in [1.29, 1.82) is 0 Å². The van der Waals surface area contributed by atoms with Crippen molar-refractivity contribution in [1.82, 2.24) is 24.9 Å². The van der Waals surface area contributed by atoms with Gasteiger partial charge in [-0.25, -0.2) is 4.68 Å². The van der Waals surface area contributed by atoms with Gasteiger partial charge in [0.1, 0.15) is 0 Å². The fourth-order valence-corrected chi connectivity index (χ4v) is 4.95. The van der Waals surface area contributed by atoms with E-state index in [1.54, 1.807) is 0 Å². The van der Waals surface area contributed by atoms with E-state index in [0.29, 0.717) is 5.69 Å². The second-order valence-electron chi connectivity index (χ2n) is 9.42. The highest BCUT2D eigenvalue weighted by Crippen LogP contribution is 2.28. The van der Waals surface area contributed by atoms with Crippen LogP contribution in [0.1, 0.15) is 45.3 Å². The van der Waals surface area contributed by atoms with Gasteiger partial charge >= 0.3 is 0 Å². The van der Waals surface area contributed by atoms with E-state index in [0.717, 1.165) is 68.8 Å². The molecular weight excluding hydrogens is 410 g/mol. The van der Waals surface area contributed by atoms with Crippen LogP contribution in [0, 0.1) is 6.92 Å². The van der Waals surface area contributed by atoms with Gasteiger partial charge in [0.2, 0.25) is 0 Å². The third-order valence-corrected chi connectivity index (χ3v) is 6.97. The Bertz CT molecular complexity index is 1100. The molecule has 1 fully saturated rings. The molecular formula is C27H33N5O. The molecule has 6 heteroatoms. The quantitative estimate of drug-likeness (QED) is 0.635. The van der Waals surface area contributed by atoms with E-state index in [2.05, 4.69) is 65.5 Å². The summed E-state index contributed by atoms with van der Waals surface area (Å²) >= 11 is 0. The molecule has 1 unspecified atom stereocenters. The van der Waals surface area contributed by atoms with Crippen molar-refractivity contribution in [3.63, 3.8) is 0 Å². The van der Waals surface area contributed by atoms with Gasteiger partial charge in [-0.05, 0) is 50.9 Å². The molecule has 1 N–H and O–H groups in total. The highest BCUT2D eigenvalue weighted by atomic mass is 16.2. The van der Waals surface area contributed by atoms with Gasteiger partial charge in [0.15, 0.2) is 5.69 Å². The summed E-state index contributed by atoms with van der Waals surface area (Å²) in [5, 5.41) is 8.16. The topological polar surface area (TPSA) is 53.4 Å². The summed E-state index contributed by atoms with van der Waals surface area (Å²) in [7, 11) is 2.17. The number of likely N-dealkylation sites (N-methyl/N-ethyl adjacent to an activating group) is 1. The molecule has 1 aliphatic carbocycles. The summed E-state index contributed by atoms with van der Waals surface area (Å²) < 4.78 is 1.98. The lowest BCUT2D eigenvalue weighted by atomic mass is 10.1. The van der Waals surface area contributed by atoms with Crippen LogP contribution in [0.5, 0.6) is 0 Å². The minimum absolute atomic E-state index is 0.0660. The summed E-state index contributed by atoms with van der Waals surface area (Å²) in [4.78, 5) is 18.4. The zero-order chi connectivity index (χ0) is 22.8. The molecule has 2 aromatic carbocycles. The van der Waals surface area contributed by atoms with Crippen LogP contribution >= 0.6 is 0 Å². The monoisotopic (exact) mass is 443 g/mol. The highest BCUT2D eigenvalue weighted by molar-refractivity contribution is 5.94. The Hall–Kier alpha value is -2.96. The summed E-state index contributed by atoms with van der Waals surface area (Å²) in [5.41, 5.74) is 6.26. The minimum Gasteiger partial charge on any atom is -0.343 e. The van der Waals surface area contributed by atoms with Crippen LogP contribution in [-0.4, -0.2) is 65.3 Å². The van der Waals surface area contributed by atoms with Gasteiger partial charge in [-0.3, -0.25) is 9.69 Å². The Kier molecular flexibility index (Phi) is 6.29. The summed E-state index contributed by atoms with van der Waals surface area (Å²) in [6.07, 6.45) is 2.95. The van der Waals surface area contributed by atoms with Crippen LogP contribution in [0.3, 0.4) is 0 Å². The second-order valence-corrected chi connectivity index (χ2v) is 9.42. The lowest BCUT2D eigenvalue weighted by molar-refractivity contribution is 0.0901. The summed E-state index contributed by atoms with van der Waals surface area (Å²) in [5.74, 6) is -0.0676. The maximum atomic E-state index is 13.6. The first-order chi connectivity index (χ1) is 16.1. The molecule has 0 bridgehead atoms. The zero-order valence-electron chi connectivity index (χ0n) is 19.6. The Morgan fingerprint density at radius 2 is 1.73 bits per heavy atom. The number of hydrogen-bond acceptors (Lipinski definition) is 4. The van der Waals surface area contributed by atoms with E-state index in [-0.39, 0.29) is 11.9 Å². The smallest absolute Gasteiger partial charge is 0.272 e. The summed E-state index contributed by atoms with van der Waals surface area (Å²) in [6.45, 7) is 7.05. The van der Waals surface area contributed by atoms with Crippen LogP contribution in [0.2, 0.25) is 0 Å². The number of piperazine rings is 1. The maximum Gasteiger partial charge on any atom is 0.272 e. The molecule has 5 rings (SSSR count). The van der Waals surface area contributed by atoms with Gasteiger partial charge in [0, 0.05) is 44.0 Å². The molecule has 0 saturated carbocycles. The van der Waals surface area contributed by atoms with E-state index >= 15 is 0 Å². The molecule has 1 aromatic heterocycles. The van der Waals surface area contributed by atoms with E-state index in [4.69, 9.17) is 5.10 Å². The number of benzene rings is 2. The molecule has 2 aliphatic rings. The Morgan fingerprint density at radius 1 is 1.00 bits per heavy atom. The largest absolute Gasteiger partial charge is 0.343 e. The SMILES string of the molecule is Cc1ccc(-n2nc(C(=O)NC(CN3CCN(C)CC3)c3ccccc3)c3c2CCC3)cc1. The molecule has 0 radical (unpaired) electrons. The number of aryl methyl sites for hydroxylation is 1. The Morgan fingerprint density at radius 3 is 2.45 bits per heavy atom. The maximum absolute atomic E-state index is 13.6. The molecule has 1 atom stereocenters. The normalized spacial score (nSPS) is 17.6. The van der Waals surface area contributed by atoms with Gasteiger partial charge in [-0.15, -0.1) is 0 Å². The number of carbonyl (C=O) groups is 1. The van der Waals surface area contributed by atoms with Crippen molar-refractivity contribution in [2.24, 2.45) is 0 Å². The molecule has 172 valence electrons. The van der Waals surface area contributed by atoms with Crippen molar-refractivity contribution < 1.29 is 4.79 Å². The lowest BCUT2D eigenvalue weighted by Crippen LogP contribution is -2.48. The van der Waals surface area contributed by atoms with Crippen molar-refractivity contribution in [3.8, 4) is 5.69 Å². The number of nitrogens with one attached hydrogen (secondary N) is 1. The first kappa shape index (κ1) is 21.9. The molecule has 1 amide bonds. The average Bonchev–Trinajstić information content (AvgIpc) is 3.44.